The third-order valence-corrected chi connectivity index (χ3v) is 3.65. The zero-order chi connectivity index (χ0) is 12.8. The van der Waals surface area contributed by atoms with Crippen LogP contribution in [0.2, 0.25) is 0 Å². The molecule has 0 nitrogen and oxygen atoms in total. The Morgan fingerprint density at radius 1 is 0.824 bits per heavy atom. The van der Waals surface area contributed by atoms with Crippen molar-refractivity contribution < 1.29 is 0 Å². The molecule has 0 rings (SSSR count). The van der Waals surface area contributed by atoms with Crippen molar-refractivity contribution in [1.29, 1.82) is 0 Å². The SMILES string of the molecule is CCCCCCCCCCCCC(C)C[C]=S. The van der Waals surface area contributed by atoms with Crippen LogP contribution >= 0.6 is 12.2 Å². The number of hydrogen-bond donors (Lipinski definition) is 0. The highest BCUT2D eigenvalue weighted by atomic mass is 32.1. The second-order valence-corrected chi connectivity index (χ2v) is 5.71. The highest BCUT2D eigenvalue weighted by Crippen LogP contribution is 2.14. The second-order valence-electron chi connectivity index (χ2n) is 5.42. The van der Waals surface area contributed by atoms with Crippen molar-refractivity contribution in [3.63, 3.8) is 0 Å². The average molecular weight is 255 g/mol. The Morgan fingerprint density at radius 2 is 1.29 bits per heavy atom. The Kier molecular flexibility index (Phi) is 14.2. The minimum Gasteiger partial charge on any atom is -0.0837 e. The van der Waals surface area contributed by atoms with E-state index >= 15 is 0 Å². The normalized spacial score (nSPS) is 12.6. The van der Waals surface area contributed by atoms with Gasteiger partial charge in [-0.15, -0.1) is 0 Å². The molecule has 0 bridgehead atoms. The fourth-order valence-electron chi connectivity index (χ4n) is 2.22. The summed E-state index contributed by atoms with van der Waals surface area (Å²) in [6.07, 6.45) is 16.6. The first-order chi connectivity index (χ1) is 8.31. The van der Waals surface area contributed by atoms with Crippen molar-refractivity contribution in [2.75, 3.05) is 0 Å². The molecule has 17 heavy (non-hydrogen) atoms. The van der Waals surface area contributed by atoms with Crippen LogP contribution in [0.15, 0.2) is 0 Å². The van der Waals surface area contributed by atoms with Gasteiger partial charge in [-0.25, -0.2) is 0 Å². The molecule has 1 heteroatoms. The molecule has 1 unspecified atom stereocenters. The summed E-state index contributed by atoms with van der Waals surface area (Å²) in [5, 5.41) is 2.84. The molecule has 0 aromatic carbocycles. The smallest absolute Gasteiger partial charge is 0.0294 e. The highest BCUT2D eigenvalue weighted by Gasteiger charge is 1.99. The van der Waals surface area contributed by atoms with Crippen LogP contribution in [-0.2, 0) is 0 Å². The highest BCUT2D eigenvalue weighted by molar-refractivity contribution is 7.78. The van der Waals surface area contributed by atoms with Crippen LogP contribution in [0, 0.1) is 5.92 Å². The summed E-state index contributed by atoms with van der Waals surface area (Å²) >= 11 is 4.76. The molecule has 0 aliphatic rings. The number of unbranched alkanes of at least 4 members (excludes halogenated alkanes) is 9. The van der Waals surface area contributed by atoms with E-state index in [9.17, 15) is 0 Å². The van der Waals surface area contributed by atoms with Gasteiger partial charge >= 0.3 is 0 Å². The van der Waals surface area contributed by atoms with Crippen molar-refractivity contribution in [1.82, 2.24) is 0 Å². The van der Waals surface area contributed by atoms with E-state index in [2.05, 4.69) is 19.2 Å². The molecule has 0 saturated carbocycles. The summed E-state index contributed by atoms with van der Waals surface area (Å²) in [6, 6.07) is 0. The van der Waals surface area contributed by atoms with Gasteiger partial charge in [0, 0.05) is 5.37 Å². The molecule has 0 aromatic heterocycles. The first-order valence-electron chi connectivity index (χ1n) is 7.66. The quantitative estimate of drug-likeness (QED) is 0.279. The van der Waals surface area contributed by atoms with E-state index in [0.717, 1.165) is 12.3 Å². The Hall–Kier alpha value is 0.0900. The molecular weight excluding hydrogens is 224 g/mol. The van der Waals surface area contributed by atoms with E-state index in [1.807, 2.05) is 0 Å². The molecule has 0 aromatic rings. The zero-order valence-electron chi connectivity index (χ0n) is 12.0. The van der Waals surface area contributed by atoms with Gasteiger partial charge in [0.05, 0.1) is 0 Å². The molecule has 0 aliphatic heterocycles. The molecule has 0 aliphatic carbocycles. The lowest BCUT2D eigenvalue weighted by atomic mass is 9.99. The van der Waals surface area contributed by atoms with Crippen LogP contribution in [0.5, 0.6) is 0 Å². The summed E-state index contributed by atoms with van der Waals surface area (Å²) in [7, 11) is 0. The zero-order valence-corrected chi connectivity index (χ0v) is 12.8. The van der Waals surface area contributed by atoms with Crippen LogP contribution < -0.4 is 0 Å². The molecule has 0 saturated heterocycles. The van der Waals surface area contributed by atoms with Gasteiger partial charge in [-0.2, -0.15) is 0 Å². The third-order valence-electron chi connectivity index (χ3n) is 3.48. The number of rotatable bonds is 13. The first kappa shape index (κ1) is 17.1. The number of hydrogen-bond acceptors (Lipinski definition) is 1. The molecule has 0 N–H and O–H groups in total. The van der Waals surface area contributed by atoms with Crippen LogP contribution in [-0.4, -0.2) is 5.37 Å². The van der Waals surface area contributed by atoms with Gasteiger partial charge in [-0.05, 0) is 12.3 Å². The van der Waals surface area contributed by atoms with Crippen LogP contribution in [0.3, 0.4) is 0 Å². The molecule has 1 radical (unpaired) electrons. The maximum atomic E-state index is 4.76. The van der Waals surface area contributed by atoms with Crippen molar-refractivity contribution in [2.24, 2.45) is 5.92 Å². The summed E-state index contributed by atoms with van der Waals surface area (Å²) in [5.74, 6) is 0.751. The Bertz CT molecular complexity index is 154. The van der Waals surface area contributed by atoms with Gasteiger partial charge in [0.15, 0.2) is 0 Å². The monoisotopic (exact) mass is 255 g/mol. The number of thiocarbonyl (C=S) groups is 1. The molecule has 101 valence electrons. The maximum Gasteiger partial charge on any atom is 0.0294 e. The second kappa shape index (κ2) is 14.2. The minimum atomic E-state index is 0.751. The lowest BCUT2D eigenvalue weighted by Gasteiger charge is -2.07. The minimum absolute atomic E-state index is 0.751. The van der Waals surface area contributed by atoms with Crippen molar-refractivity contribution in [2.45, 2.75) is 90.9 Å². The van der Waals surface area contributed by atoms with E-state index < -0.39 is 0 Å². The topological polar surface area (TPSA) is 0 Å². The molecule has 0 fully saturated rings. The molecule has 0 heterocycles. The summed E-state index contributed by atoms with van der Waals surface area (Å²) in [4.78, 5) is 0. The van der Waals surface area contributed by atoms with Crippen LogP contribution in [0.25, 0.3) is 0 Å². The molecular formula is C16H31S. The summed E-state index contributed by atoms with van der Waals surface area (Å²) in [5.41, 5.74) is 0. The van der Waals surface area contributed by atoms with E-state index in [-0.39, 0.29) is 0 Å². The van der Waals surface area contributed by atoms with Crippen molar-refractivity contribution in [3.05, 3.63) is 0 Å². The van der Waals surface area contributed by atoms with Gasteiger partial charge in [0.1, 0.15) is 0 Å². The van der Waals surface area contributed by atoms with E-state index in [0.29, 0.717) is 0 Å². The van der Waals surface area contributed by atoms with Gasteiger partial charge in [-0.3, -0.25) is 0 Å². The van der Waals surface area contributed by atoms with Crippen molar-refractivity contribution >= 4 is 17.6 Å². The Balaban J connectivity index is 3.00. The van der Waals surface area contributed by atoms with Crippen LogP contribution in [0.1, 0.15) is 90.9 Å². The van der Waals surface area contributed by atoms with E-state index in [4.69, 9.17) is 12.2 Å². The predicted molar refractivity (Wildman–Crippen MR) is 82.8 cm³/mol. The van der Waals surface area contributed by atoms with E-state index in [1.165, 1.54) is 70.6 Å². The largest absolute Gasteiger partial charge is 0.0837 e. The maximum absolute atomic E-state index is 4.76. The van der Waals surface area contributed by atoms with E-state index in [1.54, 1.807) is 0 Å². The fraction of sp³-hybridized carbons (Fsp3) is 0.938. The van der Waals surface area contributed by atoms with Crippen molar-refractivity contribution in [3.8, 4) is 0 Å². The van der Waals surface area contributed by atoms with Gasteiger partial charge in [0.2, 0.25) is 0 Å². The van der Waals surface area contributed by atoms with Gasteiger partial charge in [-0.1, -0.05) is 96.7 Å². The lowest BCUT2D eigenvalue weighted by Crippen LogP contribution is -1.94. The molecule has 0 amide bonds. The molecule has 1 atom stereocenters. The summed E-state index contributed by atoms with van der Waals surface area (Å²) in [6.45, 7) is 4.57. The Morgan fingerprint density at radius 3 is 1.76 bits per heavy atom. The lowest BCUT2D eigenvalue weighted by molar-refractivity contribution is 0.493. The molecule has 0 spiro atoms. The predicted octanol–water partition coefficient (Wildman–Crippen LogP) is 6.20. The summed E-state index contributed by atoms with van der Waals surface area (Å²) < 4.78 is 0. The average Bonchev–Trinajstić information content (AvgIpc) is 2.32. The van der Waals surface area contributed by atoms with Crippen LogP contribution in [0.4, 0.5) is 0 Å². The third kappa shape index (κ3) is 14.0. The Labute approximate surface area is 115 Å². The standard InChI is InChI=1S/C16H31S/c1-3-4-5-6-7-8-9-10-11-12-13-16(2)14-15-17/h16H,3-14H2,1-2H3. The van der Waals surface area contributed by atoms with Gasteiger partial charge in [0.25, 0.3) is 0 Å². The first-order valence-corrected chi connectivity index (χ1v) is 8.07. The van der Waals surface area contributed by atoms with Gasteiger partial charge < -0.3 is 0 Å². The fourth-order valence-corrected chi connectivity index (χ4v) is 2.51.